The van der Waals surface area contributed by atoms with E-state index >= 15 is 0 Å². The van der Waals surface area contributed by atoms with Gasteiger partial charge in [-0.2, -0.15) is 10.2 Å². The van der Waals surface area contributed by atoms with Crippen LogP contribution in [0.15, 0.2) is 66.0 Å². The highest BCUT2D eigenvalue weighted by Crippen LogP contribution is 2.44. The van der Waals surface area contributed by atoms with Crippen LogP contribution in [-0.2, 0) is 32.7 Å². The van der Waals surface area contributed by atoms with Crippen molar-refractivity contribution in [3.63, 3.8) is 0 Å². The zero-order chi connectivity index (χ0) is 52.7. The first kappa shape index (κ1) is 48.8. The number of carbonyl (C=O) groups excluding carboxylic acids is 6. The summed E-state index contributed by atoms with van der Waals surface area (Å²) in [6.45, 7) is 9.26. The van der Waals surface area contributed by atoms with E-state index in [1.54, 1.807) is 40.8 Å². The number of H-pyrrole nitrogens is 1. The monoisotopic (exact) mass is 1030 g/mol. The molecule has 22 heteroatoms. The number of hydrogen-bond donors (Lipinski definition) is 3. The number of hydrogen-bond acceptors (Lipinski definition) is 13. The number of methoxy groups -OCH3 is 1. The highest BCUT2D eigenvalue weighted by molar-refractivity contribution is 6.25. The van der Waals surface area contributed by atoms with Crippen molar-refractivity contribution in [2.24, 2.45) is 13.0 Å². The summed E-state index contributed by atoms with van der Waals surface area (Å²) in [5.74, 6) is -1.66. The lowest BCUT2D eigenvalue weighted by Gasteiger charge is -2.40. The summed E-state index contributed by atoms with van der Waals surface area (Å²) in [6.07, 6.45) is 10.6. The molecule has 5 aromatic heterocycles. The Bertz CT molecular complexity index is 3590. The number of carbonyl (C=O) groups is 6. The van der Waals surface area contributed by atoms with Gasteiger partial charge in [0.25, 0.3) is 11.8 Å². The number of imide groups is 2. The maximum atomic E-state index is 14.3. The highest BCUT2D eigenvalue weighted by atomic mass is 16.5. The molecular formula is C54H60N14O8. The van der Waals surface area contributed by atoms with Crippen molar-refractivity contribution in [2.45, 2.75) is 89.5 Å². The van der Waals surface area contributed by atoms with Gasteiger partial charge >= 0.3 is 11.8 Å². The van der Waals surface area contributed by atoms with Gasteiger partial charge in [-0.15, -0.1) is 0 Å². The van der Waals surface area contributed by atoms with Crippen LogP contribution >= 0.6 is 0 Å². The minimum absolute atomic E-state index is 0.0148. The van der Waals surface area contributed by atoms with Gasteiger partial charge in [0.05, 0.1) is 70.1 Å². The number of piperazine rings is 1. The number of aromatic amines is 1. The number of imidazole rings is 1. The predicted octanol–water partition coefficient (Wildman–Crippen LogP) is 4.59. The molecule has 6 amide bonds. The number of alkyl carbamates (subject to hydrolysis) is 1. The number of nitrogens with one attached hydrogen (secondary N) is 3. The minimum Gasteiger partial charge on any atom is -0.453 e. The van der Waals surface area contributed by atoms with E-state index in [2.05, 4.69) is 62.6 Å². The van der Waals surface area contributed by atoms with Gasteiger partial charge in [0.1, 0.15) is 18.2 Å². The first-order chi connectivity index (χ1) is 36.7. The number of aromatic nitrogens is 8. The Morgan fingerprint density at radius 3 is 2.42 bits per heavy atom. The summed E-state index contributed by atoms with van der Waals surface area (Å²) in [5, 5.41) is 16.3. The second-order valence-corrected chi connectivity index (χ2v) is 21.2. The van der Waals surface area contributed by atoms with Crippen molar-refractivity contribution in [1.82, 2.24) is 64.0 Å². The highest BCUT2D eigenvalue weighted by Gasteiger charge is 2.46. The summed E-state index contributed by atoms with van der Waals surface area (Å²) in [5.41, 5.74) is 7.37. The van der Waals surface area contributed by atoms with Crippen molar-refractivity contribution in [1.29, 1.82) is 0 Å². The zero-order valence-electron chi connectivity index (χ0n) is 43.0. The lowest BCUT2D eigenvalue weighted by molar-refractivity contribution is -0.136. The third kappa shape index (κ3) is 8.38. The van der Waals surface area contributed by atoms with Gasteiger partial charge in [0.2, 0.25) is 17.7 Å². The molecule has 1 unspecified atom stereocenters. The zero-order valence-corrected chi connectivity index (χ0v) is 43.0. The molecule has 1 aliphatic carbocycles. The van der Waals surface area contributed by atoms with Gasteiger partial charge in [-0.25, -0.2) is 14.6 Å². The maximum Gasteiger partial charge on any atom is 0.407 e. The number of aryl methyl sites for hydroxylation is 1. The summed E-state index contributed by atoms with van der Waals surface area (Å²) in [6, 6.07) is 10.3. The summed E-state index contributed by atoms with van der Waals surface area (Å²) in [4.78, 5) is 108. The number of pyridine rings is 1. The summed E-state index contributed by atoms with van der Waals surface area (Å²) >= 11 is 0. The smallest absolute Gasteiger partial charge is 0.407 e. The van der Waals surface area contributed by atoms with E-state index in [-0.39, 0.29) is 54.7 Å². The minimum atomic E-state index is -1.02. The van der Waals surface area contributed by atoms with Crippen LogP contribution in [0.1, 0.15) is 91.6 Å². The number of likely N-dealkylation sites (tertiary alicyclic amines) is 1. The third-order valence-corrected chi connectivity index (χ3v) is 16.4. The Labute approximate surface area is 435 Å². The van der Waals surface area contributed by atoms with Crippen LogP contribution in [0, 0.1) is 5.92 Å². The largest absolute Gasteiger partial charge is 0.453 e. The molecule has 5 aliphatic rings. The number of amides is 6. The fraction of sp³-hybridized carbons (Fsp3) is 0.444. The number of ether oxygens (including phenoxy) is 1. The molecule has 394 valence electrons. The molecule has 3 N–H and O–H groups in total. The van der Waals surface area contributed by atoms with Crippen LogP contribution in [0.3, 0.4) is 0 Å². The van der Waals surface area contributed by atoms with Crippen molar-refractivity contribution in [2.75, 3.05) is 57.8 Å². The number of nitrogens with zero attached hydrogens (tertiary/aromatic N) is 11. The molecule has 4 aliphatic heterocycles. The molecule has 0 spiro atoms. The van der Waals surface area contributed by atoms with Crippen LogP contribution in [0.2, 0.25) is 0 Å². The molecule has 76 heavy (non-hydrogen) atoms. The van der Waals surface area contributed by atoms with Crippen LogP contribution < -0.4 is 21.2 Å². The Hall–Kier alpha value is -8.14. The Morgan fingerprint density at radius 2 is 1.66 bits per heavy atom. The van der Waals surface area contributed by atoms with Crippen LogP contribution in [-0.4, -0.2) is 154 Å². The van der Waals surface area contributed by atoms with E-state index in [1.807, 2.05) is 32.6 Å². The molecule has 3 saturated heterocycles. The van der Waals surface area contributed by atoms with Crippen molar-refractivity contribution < 1.29 is 33.5 Å². The third-order valence-electron chi connectivity index (χ3n) is 16.4. The topological polar surface area (TPSA) is 240 Å². The Kier molecular flexibility index (Phi) is 12.3. The van der Waals surface area contributed by atoms with E-state index in [4.69, 9.17) is 14.8 Å². The fourth-order valence-corrected chi connectivity index (χ4v) is 12.5. The van der Waals surface area contributed by atoms with Gasteiger partial charge in [-0.1, -0.05) is 12.1 Å². The molecule has 9 heterocycles. The molecule has 3 atom stereocenters. The molecule has 4 fully saturated rings. The van der Waals surface area contributed by atoms with Gasteiger partial charge in [0, 0.05) is 100 Å². The average molecular weight is 1030 g/mol. The molecule has 1 saturated carbocycles. The lowest BCUT2D eigenvalue weighted by atomic mass is 9.95. The number of benzene rings is 2. The van der Waals surface area contributed by atoms with Crippen LogP contribution in [0.5, 0.6) is 0 Å². The first-order valence-corrected chi connectivity index (χ1v) is 26.3. The molecular weight excluding hydrogens is 973 g/mol. The van der Waals surface area contributed by atoms with Gasteiger partial charge in [0.15, 0.2) is 0 Å². The van der Waals surface area contributed by atoms with Gasteiger partial charge < -0.3 is 24.8 Å². The number of anilines is 1. The van der Waals surface area contributed by atoms with E-state index in [0.717, 1.165) is 81.6 Å². The van der Waals surface area contributed by atoms with Crippen LogP contribution in [0.25, 0.3) is 55.4 Å². The van der Waals surface area contributed by atoms with Crippen LogP contribution in [0.4, 0.5) is 10.5 Å². The predicted molar refractivity (Wildman–Crippen MR) is 280 cm³/mol. The van der Waals surface area contributed by atoms with Crippen molar-refractivity contribution in [3.05, 3.63) is 82.8 Å². The van der Waals surface area contributed by atoms with Crippen molar-refractivity contribution in [3.8, 4) is 22.4 Å². The normalized spacial score (nSPS) is 20.8. The fourth-order valence-electron chi connectivity index (χ4n) is 12.5. The van der Waals surface area contributed by atoms with Crippen molar-refractivity contribution >= 4 is 74.3 Å². The number of rotatable bonds is 11. The lowest BCUT2D eigenvalue weighted by Crippen LogP contribution is -2.54. The second kappa shape index (κ2) is 19.2. The van der Waals surface area contributed by atoms with E-state index < -0.39 is 35.8 Å². The molecule has 22 nitrogen and oxygen atoms in total. The molecule has 7 aromatic rings. The van der Waals surface area contributed by atoms with E-state index in [0.29, 0.717) is 73.8 Å². The summed E-state index contributed by atoms with van der Waals surface area (Å²) < 4.78 is 12.1. The quantitative estimate of drug-likeness (QED) is 0.151. The maximum absolute atomic E-state index is 14.3. The first-order valence-electron chi connectivity index (χ1n) is 26.3. The number of piperidine rings is 2. The molecule has 12 rings (SSSR count). The van der Waals surface area contributed by atoms with E-state index in [1.165, 1.54) is 7.11 Å². The van der Waals surface area contributed by atoms with Gasteiger partial charge in [-0.3, -0.25) is 57.6 Å². The van der Waals surface area contributed by atoms with E-state index in [9.17, 15) is 33.6 Å². The Morgan fingerprint density at radius 1 is 0.855 bits per heavy atom. The second-order valence-electron chi connectivity index (χ2n) is 21.2. The van der Waals surface area contributed by atoms with Gasteiger partial charge in [-0.05, 0) is 88.1 Å². The summed E-state index contributed by atoms with van der Waals surface area (Å²) in [7, 11) is 3.10. The number of fused-ring (bicyclic) bond motifs is 5. The average Bonchev–Trinajstić information content (AvgIpc) is 4.48. The molecule has 0 radical (unpaired) electrons. The molecule has 2 aromatic carbocycles. The SMILES string of the molecule is COC(=O)N[C@@H]1CC[C@@H](n2c(=O)n(C)c3cnc4[nH]c(-c5cnn(CC(=O)N6CCC(CN7CCN(c8cccc9c8C(=O)N(C8CCC(=O)NC8=O)C9=O)CC7)CC6)c5)c(-c5ccc6c(cnn6C(C)C)c5)c4c32)C1. The molecule has 0 bridgehead atoms. The standard InChI is InChI=1S/C54H60N14O8/c1-30(2)68-38-11-8-32(22-33(38)24-57-68)44-46-48-41(61(3)54(75)66(48)36-10-9-35(23-36)58-53(74)76-4)26-55-49(46)60-47(44)34-25-56-65(28-34)29-43(70)64-16-14-31(15-17-64)27-62-18-20-63(21-19-62)39-7-5-6-37-45(39)52(73)67(51(37)72)40-12-13-42(69)59-50(40)71/h5-8,11,22,24-26,28,30-31,35-36,40H,9-10,12-21,23,27,29H2,1-4H3,(H,55,60)(H,58,74)(H,59,69,71)/t35-,36-,40?/m1/s1. The Balaban J connectivity index is 0.735.